The van der Waals surface area contributed by atoms with Crippen molar-refractivity contribution < 1.29 is 19.4 Å². The summed E-state index contributed by atoms with van der Waals surface area (Å²) in [7, 11) is 1.78. The van der Waals surface area contributed by atoms with Crippen molar-refractivity contribution in [2.45, 2.75) is 63.0 Å². The van der Waals surface area contributed by atoms with E-state index in [2.05, 4.69) is 4.98 Å². The van der Waals surface area contributed by atoms with Crippen molar-refractivity contribution in [1.29, 1.82) is 0 Å². The third kappa shape index (κ3) is 3.71. The summed E-state index contributed by atoms with van der Waals surface area (Å²) in [6.07, 6.45) is 4.24. The van der Waals surface area contributed by atoms with E-state index in [1.165, 1.54) is 0 Å². The molecule has 146 valence electrons. The van der Waals surface area contributed by atoms with E-state index >= 15 is 0 Å². The van der Waals surface area contributed by atoms with Crippen molar-refractivity contribution in [3.05, 3.63) is 30.1 Å². The van der Waals surface area contributed by atoms with Crippen LogP contribution in [0, 0.1) is 5.92 Å². The summed E-state index contributed by atoms with van der Waals surface area (Å²) >= 11 is 0. The van der Waals surface area contributed by atoms with Gasteiger partial charge in [-0.1, -0.05) is 6.07 Å². The summed E-state index contributed by atoms with van der Waals surface area (Å²) in [5.74, 6) is 0.0852. The number of rotatable bonds is 4. The Bertz CT molecular complexity index is 692. The maximum absolute atomic E-state index is 12.8. The number of likely N-dealkylation sites (N-methyl/N-ethyl adjacent to an activating group) is 1. The van der Waals surface area contributed by atoms with E-state index in [1.807, 2.05) is 23.1 Å². The molecule has 0 spiro atoms. The molecule has 1 aromatic rings. The molecule has 0 aromatic carbocycles. The number of aromatic nitrogens is 1. The minimum atomic E-state index is -0.444. The summed E-state index contributed by atoms with van der Waals surface area (Å²) < 4.78 is 6.11. The van der Waals surface area contributed by atoms with Gasteiger partial charge in [0.25, 0.3) is 5.91 Å². The maximum Gasteiger partial charge on any atom is 0.251 e. The third-order valence-corrected chi connectivity index (χ3v) is 6.07. The topological polar surface area (TPSA) is 83.0 Å². The number of aliphatic hydroxyl groups is 1. The number of carbonyl (C=O) groups excluding carboxylic acids is 2. The highest BCUT2D eigenvalue weighted by Crippen LogP contribution is 2.36. The highest BCUT2D eigenvalue weighted by molar-refractivity contribution is 5.82. The molecular formula is C20H27N3O4. The second-order valence-corrected chi connectivity index (χ2v) is 7.97. The molecule has 4 rings (SSSR count). The van der Waals surface area contributed by atoms with Crippen LogP contribution in [0.2, 0.25) is 0 Å². The zero-order chi connectivity index (χ0) is 19.0. The smallest absolute Gasteiger partial charge is 0.251 e. The summed E-state index contributed by atoms with van der Waals surface area (Å²) in [4.78, 5) is 33.3. The van der Waals surface area contributed by atoms with Crippen LogP contribution in [0.25, 0.3) is 0 Å². The van der Waals surface area contributed by atoms with Crippen LogP contribution in [-0.4, -0.2) is 69.7 Å². The molecule has 2 amide bonds. The van der Waals surface area contributed by atoms with Gasteiger partial charge in [0.1, 0.15) is 6.10 Å². The first-order valence-electron chi connectivity index (χ1n) is 9.82. The Hall–Kier alpha value is -1.99. The molecule has 3 fully saturated rings. The van der Waals surface area contributed by atoms with Crippen LogP contribution < -0.4 is 0 Å². The Kier molecular flexibility index (Phi) is 5.14. The van der Waals surface area contributed by atoms with Gasteiger partial charge in [-0.3, -0.25) is 14.6 Å². The molecule has 0 unspecified atom stereocenters. The first-order valence-corrected chi connectivity index (χ1v) is 9.82. The second kappa shape index (κ2) is 7.56. The monoisotopic (exact) mass is 373 g/mol. The largest absolute Gasteiger partial charge is 0.393 e. The number of fused-ring (bicyclic) bond motifs is 1. The van der Waals surface area contributed by atoms with Crippen molar-refractivity contribution in [2.75, 3.05) is 13.6 Å². The molecule has 1 aliphatic carbocycles. The van der Waals surface area contributed by atoms with Crippen molar-refractivity contribution in [1.82, 2.24) is 14.8 Å². The molecule has 7 nitrogen and oxygen atoms in total. The minimum absolute atomic E-state index is 0.0222. The number of hydrogen-bond acceptors (Lipinski definition) is 5. The Labute approximate surface area is 159 Å². The van der Waals surface area contributed by atoms with E-state index in [1.54, 1.807) is 18.1 Å². The van der Waals surface area contributed by atoms with Gasteiger partial charge >= 0.3 is 0 Å². The van der Waals surface area contributed by atoms with Crippen molar-refractivity contribution >= 4 is 11.8 Å². The van der Waals surface area contributed by atoms with Crippen molar-refractivity contribution in [2.24, 2.45) is 5.92 Å². The molecule has 0 radical (unpaired) electrons. The molecule has 2 aliphatic heterocycles. The zero-order valence-corrected chi connectivity index (χ0v) is 15.7. The number of ether oxygens (including phenoxy) is 1. The van der Waals surface area contributed by atoms with Gasteiger partial charge in [0.2, 0.25) is 5.91 Å². The van der Waals surface area contributed by atoms with E-state index in [4.69, 9.17) is 4.74 Å². The van der Waals surface area contributed by atoms with E-state index in [0.29, 0.717) is 32.4 Å². The predicted molar refractivity (Wildman–Crippen MR) is 97.5 cm³/mol. The molecular weight excluding hydrogens is 346 g/mol. The Morgan fingerprint density at radius 1 is 1.30 bits per heavy atom. The van der Waals surface area contributed by atoms with Crippen LogP contribution in [0.1, 0.15) is 37.8 Å². The highest BCUT2D eigenvalue weighted by Gasteiger charge is 2.46. The van der Waals surface area contributed by atoms with Gasteiger partial charge in [-0.05, 0) is 44.2 Å². The number of aliphatic hydroxyl groups excluding tert-OH is 1. The molecule has 2 saturated heterocycles. The molecule has 7 heteroatoms. The third-order valence-electron chi connectivity index (χ3n) is 6.07. The van der Waals surface area contributed by atoms with Gasteiger partial charge in [-0.15, -0.1) is 0 Å². The number of nitrogens with zero attached hydrogens (tertiary/aromatic N) is 3. The minimum Gasteiger partial charge on any atom is -0.393 e. The molecule has 3 heterocycles. The van der Waals surface area contributed by atoms with Crippen LogP contribution in [0.3, 0.4) is 0 Å². The van der Waals surface area contributed by atoms with Gasteiger partial charge in [0, 0.05) is 25.7 Å². The Balaban J connectivity index is 1.32. The lowest BCUT2D eigenvalue weighted by molar-refractivity contribution is -0.157. The lowest BCUT2D eigenvalue weighted by Gasteiger charge is -2.39. The standard InChI is InChI=1S/C20H27N3O4/c1-22(12-14-4-2-3-8-21-14)20(26)18-6-5-16-17(27-18)7-9-23(16)19(25)13-10-15(24)11-13/h2-4,8,13,15-18,24H,5-7,9-12H2,1H3/t13?,15?,16-,17-,18-/m1/s1. The average molecular weight is 373 g/mol. The number of hydrogen-bond donors (Lipinski definition) is 1. The van der Waals surface area contributed by atoms with Gasteiger partial charge in [0.05, 0.1) is 30.5 Å². The van der Waals surface area contributed by atoms with Gasteiger partial charge in [-0.2, -0.15) is 0 Å². The van der Waals surface area contributed by atoms with E-state index in [0.717, 1.165) is 18.5 Å². The first kappa shape index (κ1) is 18.4. The van der Waals surface area contributed by atoms with Crippen molar-refractivity contribution in [3.63, 3.8) is 0 Å². The predicted octanol–water partition coefficient (Wildman–Crippen LogP) is 0.959. The SMILES string of the molecule is CN(Cc1ccccn1)C(=O)[C@H]1CC[C@@H]2[C@@H](CCN2C(=O)C2CC(O)C2)O1. The van der Waals surface area contributed by atoms with Gasteiger partial charge in [0.15, 0.2) is 0 Å². The zero-order valence-electron chi connectivity index (χ0n) is 15.7. The van der Waals surface area contributed by atoms with Crippen LogP contribution >= 0.6 is 0 Å². The Morgan fingerprint density at radius 2 is 2.11 bits per heavy atom. The quantitative estimate of drug-likeness (QED) is 0.850. The molecule has 1 N–H and O–H groups in total. The summed E-state index contributed by atoms with van der Waals surface area (Å²) in [5, 5.41) is 9.45. The number of amides is 2. The van der Waals surface area contributed by atoms with Crippen LogP contribution in [0.15, 0.2) is 24.4 Å². The molecule has 27 heavy (non-hydrogen) atoms. The summed E-state index contributed by atoms with van der Waals surface area (Å²) in [5.41, 5.74) is 0.849. The first-order chi connectivity index (χ1) is 13.0. The normalized spacial score (nSPS) is 32.5. The maximum atomic E-state index is 12.8. The lowest BCUT2D eigenvalue weighted by Crippen LogP contribution is -2.51. The van der Waals surface area contributed by atoms with E-state index < -0.39 is 6.10 Å². The lowest BCUT2D eigenvalue weighted by atomic mass is 9.81. The van der Waals surface area contributed by atoms with Crippen LogP contribution in [0.4, 0.5) is 0 Å². The fourth-order valence-corrected chi connectivity index (χ4v) is 4.46. The molecule has 1 saturated carbocycles. The number of carbonyl (C=O) groups is 2. The molecule has 1 aromatic heterocycles. The fraction of sp³-hybridized carbons (Fsp3) is 0.650. The fourth-order valence-electron chi connectivity index (χ4n) is 4.46. The van der Waals surface area contributed by atoms with Crippen LogP contribution in [0.5, 0.6) is 0 Å². The number of pyridine rings is 1. The van der Waals surface area contributed by atoms with Gasteiger partial charge in [-0.25, -0.2) is 0 Å². The van der Waals surface area contributed by atoms with Crippen LogP contribution in [-0.2, 0) is 20.9 Å². The van der Waals surface area contributed by atoms with Crippen molar-refractivity contribution in [3.8, 4) is 0 Å². The molecule has 0 bridgehead atoms. The molecule has 3 aliphatic rings. The average Bonchev–Trinajstić information content (AvgIpc) is 3.08. The number of likely N-dealkylation sites (tertiary alicyclic amines) is 1. The van der Waals surface area contributed by atoms with E-state index in [9.17, 15) is 14.7 Å². The molecule has 3 atom stereocenters. The summed E-state index contributed by atoms with van der Waals surface area (Å²) in [6, 6.07) is 5.74. The van der Waals surface area contributed by atoms with Gasteiger partial charge < -0.3 is 19.6 Å². The second-order valence-electron chi connectivity index (χ2n) is 7.97. The van der Waals surface area contributed by atoms with E-state index in [-0.39, 0.29) is 36.0 Å². The Morgan fingerprint density at radius 3 is 2.81 bits per heavy atom. The highest BCUT2D eigenvalue weighted by atomic mass is 16.5. The summed E-state index contributed by atoms with van der Waals surface area (Å²) in [6.45, 7) is 1.15.